The van der Waals surface area contributed by atoms with Gasteiger partial charge in [0.25, 0.3) is 15.7 Å². The maximum Gasteiger partial charge on any atom is 0.289 e. The number of amidine groups is 1. The number of hydrogen-bond donors (Lipinski definition) is 0. The minimum Gasteiger partial charge on any atom is -0.298 e. The van der Waals surface area contributed by atoms with Crippen LogP contribution in [0.25, 0.3) is 0 Å². The van der Waals surface area contributed by atoms with E-state index >= 15 is 0 Å². The normalized spacial score (nSPS) is 19.5. The average molecular weight is 491 g/mol. The van der Waals surface area contributed by atoms with Gasteiger partial charge in [0.1, 0.15) is 12.1 Å². The predicted octanol–water partition coefficient (Wildman–Crippen LogP) is 4.07. The summed E-state index contributed by atoms with van der Waals surface area (Å²) in [6.45, 7) is 1.18. The Kier molecular flexibility index (Phi) is 6.10. The van der Waals surface area contributed by atoms with Gasteiger partial charge in [-0.1, -0.05) is 77.3 Å². The predicted molar refractivity (Wildman–Crippen MR) is 113 cm³/mol. The Balaban J connectivity index is 2.26. The lowest BCUT2D eigenvalue weighted by atomic mass is 9.98. The van der Waals surface area contributed by atoms with Gasteiger partial charge >= 0.3 is 0 Å². The number of hydrogen-bond acceptors (Lipinski definition) is 6. The van der Waals surface area contributed by atoms with Gasteiger partial charge in [-0.3, -0.25) is 19.9 Å². The van der Waals surface area contributed by atoms with E-state index in [9.17, 15) is 23.3 Å². The summed E-state index contributed by atoms with van der Waals surface area (Å²) in [6, 6.07) is 10.8. The van der Waals surface area contributed by atoms with Crippen molar-refractivity contribution in [1.29, 1.82) is 0 Å². The molecule has 0 N–H and O–H groups in total. The summed E-state index contributed by atoms with van der Waals surface area (Å²) in [5, 5.41) is 11.4. The van der Waals surface area contributed by atoms with Gasteiger partial charge in [0.2, 0.25) is 3.79 Å². The summed E-state index contributed by atoms with van der Waals surface area (Å²) in [4.78, 5) is 26.8. The lowest BCUT2D eigenvalue weighted by molar-refractivity contribution is -0.387. The zero-order valence-corrected chi connectivity index (χ0v) is 18.4. The van der Waals surface area contributed by atoms with E-state index in [1.54, 1.807) is 30.3 Å². The highest BCUT2D eigenvalue weighted by molar-refractivity contribution is 7.90. The highest BCUT2D eigenvalue weighted by Gasteiger charge is 2.53. The van der Waals surface area contributed by atoms with Crippen LogP contribution in [0.2, 0.25) is 0 Å². The number of alkyl halides is 3. The quantitative estimate of drug-likeness (QED) is 0.356. The Labute approximate surface area is 187 Å². The topological polar surface area (TPSA) is 110 Å². The standard InChI is InChI=1S/C18H14Cl3N3O5S/c1-11(25)16-15(12-7-3-2-4-8-12)22-17(18(19,20)21)23(16)30(28,29)14-10-6-5-9-13(14)24(26)27/h2-10,15-16H,1H3/t15-,16-/m1/s1. The van der Waals surface area contributed by atoms with Crippen LogP contribution < -0.4 is 0 Å². The average Bonchev–Trinajstić information content (AvgIpc) is 3.11. The smallest absolute Gasteiger partial charge is 0.289 e. The Morgan fingerprint density at radius 2 is 1.67 bits per heavy atom. The van der Waals surface area contributed by atoms with Crippen LogP contribution in [-0.4, -0.2) is 39.1 Å². The molecule has 0 radical (unpaired) electrons. The number of ketones is 1. The van der Waals surface area contributed by atoms with Crippen molar-refractivity contribution < 1.29 is 18.1 Å². The van der Waals surface area contributed by atoms with Crippen LogP contribution >= 0.6 is 34.8 Å². The molecular formula is C18H14Cl3N3O5S. The minimum atomic E-state index is -4.70. The molecule has 0 saturated carbocycles. The van der Waals surface area contributed by atoms with Crippen LogP contribution in [0.4, 0.5) is 5.69 Å². The van der Waals surface area contributed by atoms with E-state index in [1.807, 2.05) is 0 Å². The van der Waals surface area contributed by atoms with Crippen LogP contribution in [0.1, 0.15) is 18.5 Å². The molecule has 2 aromatic rings. The largest absolute Gasteiger partial charge is 0.298 e. The summed E-state index contributed by atoms with van der Waals surface area (Å²) in [5.41, 5.74) is -0.156. The Hall–Kier alpha value is -2.20. The first-order valence-corrected chi connectivity index (χ1v) is 11.0. The molecule has 0 unspecified atom stereocenters. The number of Topliss-reactive ketones (excluding diaryl/α,β-unsaturated/α-hetero) is 1. The number of rotatable bonds is 5. The van der Waals surface area contributed by atoms with E-state index < -0.39 is 53.0 Å². The number of nitro benzene ring substituents is 1. The molecule has 30 heavy (non-hydrogen) atoms. The Morgan fingerprint density at radius 1 is 1.10 bits per heavy atom. The van der Waals surface area contributed by atoms with Crippen molar-refractivity contribution in [1.82, 2.24) is 4.31 Å². The van der Waals surface area contributed by atoms with Gasteiger partial charge < -0.3 is 0 Å². The van der Waals surface area contributed by atoms with Crippen molar-refractivity contribution in [2.24, 2.45) is 4.99 Å². The third-order valence-corrected chi connectivity index (χ3v) is 6.76. The maximum atomic E-state index is 13.5. The Bertz CT molecular complexity index is 1130. The van der Waals surface area contributed by atoms with Gasteiger partial charge in [-0.05, 0) is 18.6 Å². The fourth-order valence-electron chi connectivity index (χ4n) is 3.21. The van der Waals surface area contributed by atoms with Gasteiger partial charge in [-0.25, -0.2) is 12.7 Å². The van der Waals surface area contributed by atoms with Crippen molar-refractivity contribution >= 4 is 62.1 Å². The second kappa shape index (κ2) is 8.14. The number of halogens is 3. The van der Waals surface area contributed by atoms with Crippen LogP contribution in [0, 0.1) is 10.1 Å². The number of para-hydroxylation sites is 1. The van der Waals surface area contributed by atoms with Gasteiger partial charge in [0.15, 0.2) is 16.5 Å². The zero-order chi connectivity index (χ0) is 22.3. The number of benzene rings is 2. The summed E-state index contributed by atoms with van der Waals surface area (Å²) in [7, 11) is -4.70. The van der Waals surface area contributed by atoms with Gasteiger partial charge in [0, 0.05) is 6.07 Å². The number of sulfonamides is 1. The number of carbonyl (C=O) groups is 1. The van der Waals surface area contributed by atoms with Crippen LogP contribution in [0.5, 0.6) is 0 Å². The summed E-state index contributed by atoms with van der Waals surface area (Å²) < 4.78 is 25.3. The van der Waals surface area contributed by atoms with E-state index in [-0.39, 0.29) is 0 Å². The molecule has 0 bridgehead atoms. The van der Waals surface area contributed by atoms with Gasteiger partial charge in [-0.2, -0.15) is 0 Å². The van der Waals surface area contributed by atoms with Gasteiger partial charge in [0.05, 0.1) is 4.92 Å². The molecule has 3 rings (SSSR count). The molecule has 2 atom stereocenters. The zero-order valence-electron chi connectivity index (χ0n) is 15.3. The molecule has 1 aliphatic rings. The van der Waals surface area contributed by atoms with Crippen molar-refractivity contribution in [2.45, 2.75) is 27.7 Å². The second-order valence-electron chi connectivity index (χ2n) is 6.39. The monoisotopic (exact) mass is 489 g/mol. The Morgan fingerprint density at radius 3 is 2.20 bits per heavy atom. The minimum absolute atomic E-state index is 0.514. The lowest BCUT2D eigenvalue weighted by Crippen LogP contribution is -2.49. The SMILES string of the molecule is CC(=O)[C@@H]1[C@@H](c2ccccc2)N=C(C(Cl)(Cl)Cl)N1S(=O)(=O)c1ccccc1[N+](=O)[O-]. The molecule has 12 heteroatoms. The third-order valence-electron chi connectivity index (χ3n) is 4.43. The highest BCUT2D eigenvalue weighted by atomic mass is 35.6. The summed E-state index contributed by atoms with van der Waals surface area (Å²) >= 11 is 18.0. The van der Waals surface area contributed by atoms with E-state index in [0.717, 1.165) is 12.1 Å². The fraction of sp³-hybridized carbons (Fsp3) is 0.222. The molecule has 0 aromatic heterocycles. The highest BCUT2D eigenvalue weighted by Crippen LogP contribution is 2.43. The molecule has 8 nitrogen and oxygen atoms in total. The molecule has 1 aliphatic heterocycles. The molecular weight excluding hydrogens is 477 g/mol. The lowest BCUT2D eigenvalue weighted by Gasteiger charge is -2.29. The summed E-state index contributed by atoms with van der Waals surface area (Å²) in [6.07, 6.45) is 0. The van der Waals surface area contributed by atoms with Crippen molar-refractivity contribution in [3.63, 3.8) is 0 Å². The molecule has 0 spiro atoms. The number of nitrogens with zero attached hydrogens (tertiary/aromatic N) is 3. The van der Waals surface area contributed by atoms with E-state index in [1.165, 1.54) is 19.1 Å². The maximum absolute atomic E-state index is 13.5. The number of aliphatic imine (C=N–C) groups is 1. The first-order chi connectivity index (χ1) is 14.0. The van der Waals surface area contributed by atoms with Crippen LogP contribution in [0.3, 0.4) is 0 Å². The van der Waals surface area contributed by atoms with E-state index in [0.29, 0.717) is 9.87 Å². The van der Waals surface area contributed by atoms with Crippen molar-refractivity contribution in [3.8, 4) is 0 Å². The first kappa shape index (κ1) is 22.5. The van der Waals surface area contributed by atoms with Crippen molar-refractivity contribution in [2.75, 3.05) is 0 Å². The van der Waals surface area contributed by atoms with Crippen LogP contribution in [-0.2, 0) is 14.8 Å². The van der Waals surface area contributed by atoms with Crippen molar-refractivity contribution in [3.05, 3.63) is 70.3 Å². The van der Waals surface area contributed by atoms with E-state index in [2.05, 4.69) is 4.99 Å². The molecule has 0 amide bonds. The van der Waals surface area contributed by atoms with Crippen LogP contribution in [0.15, 0.2) is 64.5 Å². The molecule has 1 heterocycles. The fourth-order valence-corrected chi connectivity index (χ4v) is 5.62. The molecule has 2 aromatic carbocycles. The first-order valence-electron chi connectivity index (χ1n) is 8.44. The molecule has 158 valence electrons. The van der Waals surface area contributed by atoms with Gasteiger partial charge in [-0.15, -0.1) is 0 Å². The third kappa shape index (κ3) is 4.02. The summed E-state index contributed by atoms with van der Waals surface area (Å²) in [5.74, 6) is -1.08. The number of carbonyl (C=O) groups excluding carboxylic acids is 1. The second-order valence-corrected chi connectivity index (χ2v) is 10.5. The molecule has 0 aliphatic carbocycles. The number of nitro groups is 1. The molecule has 0 fully saturated rings. The molecule has 0 saturated heterocycles. The van der Waals surface area contributed by atoms with E-state index in [4.69, 9.17) is 34.8 Å².